The lowest BCUT2D eigenvalue weighted by Gasteiger charge is -2.25. The highest BCUT2D eigenvalue weighted by Gasteiger charge is 2.34. The number of hydrogen-bond donors (Lipinski definition) is 1. The molecule has 1 saturated heterocycles. The molecule has 2 aliphatic rings. The van der Waals surface area contributed by atoms with E-state index < -0.39 is 0 Å². The Bertz CT molecular complexity index is 794. The molecule has 4 rings (SSSR count). The molecule has 1 N–H and O–H groups in total. The van der Waals surface area contributed by atoms with E-state index >= 15 is 0 Å². The Kier molecular flexibility index (Phi) is 4.23. The summed E-state index contributed by atoms with van der Waals surface area (Å²) in [5.41, 5.74) is 3.05. The van der Waals surface area contributed by atoms with Gasteiger partial charge in [0.2, 0.25) is 0 Å². The Hall–Kier alpha value is -1.95. The highest BCUT2D eigenvalue weighted by molar-refractivity contribution is 6.06. The molecule has 6 heteroatoms. The highest BCUT2D eigenvalue weighted by Crippen LogP contribution is 2.41. The summed E-state index contributed by atoms with van der Waals surface area (Å²) in [6.45, 7) is 5.78. The minimum atomic E-state index is 0.0946. The van der Waals surface area contributed by atoms with Gasteiger partial charge >= 0.3 is 0 Å². The first-order valence-corrected chi connectivity index (χ1v) is 9.36. The molecule has 1 amide bonds. The second-order valence-corrected chi connectivity index (χ2v) is 7.62. The van der Waals surface area contributed by atoms with Crippen molar-refractivity contribution in [3.05, 3.63) is 23.0 Å². The van der Waals surface area contributed by atoms with Gasteiger partial charge in [-0.1, -0.05) is 19.0 Å². The van der Waals surface area contributed by atoms with Crippen LogP contribution in [0.1, 0.15) is 73.1 Å². The van der Waals surface area contributed by atoms with Crippen LogP contribution in [0.15, 0.2) is 10.6 Å². The van der Waals surface area contributed by atoms with E-state index in [-0.39, 0.29) is 17.9 Å². The van der Waals surface area contributed by atoms with Crippen molar-refractivity contribution in [1.29, 1.82) is 0 Å². The van der Waals surface area contributed by atoms with Gasteiger partial charge in [-0.05, 0) is 44.7 Å². The van der Waals surface area contributed by atoms with E-state index in [0.29, 0.717) is 11.6 Å². The first kappa shape index (κ1) is 16.5. The van der Waals surface area contributed by atoms with Gasteiger partial charge in [0.05, 0.1) is 16.6 Å². The first-order chi connectivity index (χ1) is 12.1. The summed E-state index contributed by atoms with van der Waals surface area (Å²) in [6, 6.07) is 2.26. The van der Waals surface area contributed by atoms with Crippen LogP contribution in [0.2, 0.25) is 0 Å². The maximum absolute atomic E-state index is 13.4. The molecule has 2 aromatic heterocycles. The fourth-order valence-corrected chi connectivity index (χ4v) is 3.85. The van der Waals surface area contributed by atoms with Crippen LogP contribution >= 0.6 is 0 Å². The van der Waals surface area contributed by atoms with Crippen molar-refractivity contribution >= 4 is 17.0 Å². The van der Waals surface area contributed by atoms with Crippen LogP contribution in [-0.4, -0.2) is 47.1 Å². The third kappa shape index (κ3) is 2.92. The lowest BCUT2D eigenvalue weighted by molar-refractivity contribution is 0.0738. The lowest BCUT2D eigenvalue weighted by atomic mass is 10.0. The van der Waals surface area contributed by atoms with E-state index in [4.69, 9.17) is 4.52 Å². The lowest BCUT2D eigenvalue weighted by Crippen LogP contribution is -2.41. The average Bonchev–Trinajstić information content (AvgIpc) is 3.19. The van der Waals surface area contributed by atoms with Crippen LogP contribution in [-0.2, 0) is 0 Å². The van der Waals surface area contributed by atoms with Gasteiger partial charge in [0.15, 0.2) is 0 Å². The maximum Gasteiger partial charge on any atom is 0.259 e. The van der Waals surface area contributed by atoms with Crippen LogP contribution in [0.4, 0.5) is 0 Å². The molecule has 0 radical (unpaired) electrons. The minimum Gasteiger partial charge on any atom is -0.335 e. The van der Waals surface area contributed by atoms with E-state index in [1.54, 1.807) is 0 Å². The zero-order valence-corrected chi connectivity index (χ0v) is 15.2. The average molecular weight is 342 g/mol. The Morgan fingerprint density at radius 1 is 1.40 bits per heavy atom. The van der Waals surface area contributed by atoms with Gasteiger partial charge in [0.25, 0.3) is 11.6 Å². The number of hydrogen-bond acceptors (Lipinski definition) is 5. The zero-order chi connectivity index (χ0) is 17.6. The van der Waals surface area contributed by atoms with Crippen LogP contribution < -0.4 is 5.32 Å². The minimum absolute atomic E-state index is 0.0946. The molecular formula is C19H26N4O2. The van der Waals surface area contributed by atoms with Crippen molar-refractivity contribution in [2.24, 2.45) is 0 Å². The van der Waals surface area contributed by atoms with Gasteiger partial charge < -0.3 is 14.7 Å². The SMILES string of the molecule is CNCC1CCCN1C(=O)c1cc(C2CC2)nc2onc(C(C)C)c12. The fraction of sp³-hybridized carbons (Fsp3) is 0.632. The molecule has 0 aromatic carbocycles. The van der Waals surface area contributed by atoms with Crippen LogP contribution in [0.5, 0.6) is 0 Å². The molecular weight excluding hydrogens is 316 g/mol. The van der Waals surface area contributed by atoms with E-state index in [9.17, 15) is 4.79 Å². The van der Waals surface area contributed by atoms with Crippen LogP contribution in [0.3, 0.4) is 0 Å². The Balaban J connectivity index is 1.80. The number of likely N-dealkylation sites (tertiary alicyclic amines) is 1. The molecule has 1 aliphatic carbocycles. The van der Waals surface area contributed by atoms with E-state index in [1.807, 2.05) is 18.0 Å². The predicted octanol–water partition coefficient (Wildman–Crippen LogP) is 3.05. The zero-order valence-electron chi connectivity index (χ0n) is 15.2. The molecule has 1 saturated carbocycles. The summed E-state index contributed by atoms with van der Waals surface area (Å²) >= 11 is 0. The van der Waals surface area contributed by atoms with Crippen molar-refractivity contribution < 1.29 is 9.32 Å². The fourth-order valence-electron chi connectivity index (χ4n) is 3.85. The molecule has 134 valence electrons. The van der Waals surface area contributed by atoms with E-state index in [1.165, 1.54) is 0 Å². The van der Waals surface area contributed by atoms with Gasteiger partial charge in [-0.2, -0.15) is 0 Å². The topological polar surface area (TPSA) is 71.3 Å². The number of carbonyl (C=O) groups excluding carboxylic acids is 1. The second kappa shape index (κ2) is 6.41. The monoisotopic (exact) mass is 342 g/mol. The van der Waals surface area contributed by atoms with Gasteiger partial charge in [-0.15, -0.1) is 0 Å². The second-order valence-electron chi connectivity index (χ2n) is 7.62. The number of fused-ring (bicyclic) bond motifs is 1. The Morgan fingerprint density at radius 2 is 2.20 bits per heavy atom. The third-order valence-corrected chi connectivity index (χ3v) is 5.34. The molecule has 25 heavy (non-hydrogen) atoms. The molecule has 3 heterocycles. The number of nitrogens with one attached hydrogen (secondary N) is 1. The molecule has 0 bridgehead atoms. The molecule has 2 aromatic rings. The Morgan fingerprint density at radius 3 is 2.88 bits per heavy atom. The highest BCUT2D eigenvalue weighted by atomic mass is 16.5. The predicted molar refractivity (Wildman–Crippen MR) is 95.9 cm³/mol. The smallest absolute Gasteiger partial charge is 0.259 e. The van der Waals surface area contributed by atoms with Crippen molar-refractivity contribution in [2.75, 3.05) is 20.1 Å². The number of nitrogens with zero attached hydrogens (tertiary/aromatic N) is 3. The molecule has 0 spiro atoms. The summed E-state index contributed by atoms with van der Waals surface area (Å²) in [5.74, 6) is 0.750. The molecule has 1 aliphatic heterocycles. The van der Waals surface area contributed by atoms with Crippen molar-refractivity contribution in [1.82, 2.24) is 20.4 Å². The van der Waals surface area contributed by atoms with E-state index in [2.05, 4.69) is 29.3 Å². The summed E-state index contributed by atoms with van der Waals surface area (Å²) in [4.78, 5) is 20.1. The van der Waals surface area contributed by atoms with Crippen molar-refractivity contribution in [2.45, 2.75) is 57.4 Å². The number of carbonyl (C=O) groups is 1. The van der Waals surface area contributed by atoms with Gasteiger partial charge in [0.1, 0.15) is 0 Å². The number of amides is 1. The molecule has 1 atom stereocenters. The molecule has 6 nitrogen and oxygen atoms in total. The number of likely N-dealkylation sites (N-methyl/N-ethyl adjacent to an activating group) is 1. The van der Waals surface area contributed by atoms with Gasteiger partial charge in [-0.3, -0.25) is 4.79 Å². The van der Waals surface area contributed by atoms with Crippen LogP contribution in [0, 0.1) is 0 Å². The molecule has 2 fully saturated rings. The van der Waals surface area contributed by atoms with Crippen molar-refractivity contribution in [3.8, 4) is 0 Å². The van der Waals surface area contributed by atoms with Crippen LogP contribution in [0.25, 0.3) is 11.1 Å². The largest absolute Gasteiger partial charge is 0.335 e. The normalized spacial score (nSPS) is 20.8. The number of aromatic nitrogens is 2. The first-order valence-electron chi connectivity index (χ1n) is 9.36. The quantitative estimate of drug-likeness (QED) is 0.904. The standard InChI is InChI=1S/C19H26N4O2/c1-11(2)17-16-14(19(24)23-8-4-5-13(23)10-20-3)9-15(12-6-7-12)21-18(16)25-22-17/h9,11-13,20H,4-8,10H2,1-3H3. The third-order valence-electron chi connectivity index (χ3n) is 5.34. The molecule has 1 unspecified atom stereocenters. The summed E-state index contributed by atoms with van der Waals surface area (Å²) in [5, 5.41) is 8.24. The van der Waals surface area contributed by atoms with Gasteiger partial charge in [-0.25, -0.2) is 4.98 Å². The summed E-state index contributed by atoms with van der Waals surface area (Å²) < 4.78 is 5.51. The van der Waals surface area contributed by atoms with E-state index in [0.717, 1.165) is 61.1 Å². The summed E-state index contributed by atoms with van der Waals surface area (Å²) in [7, 11) is 1.94. The number of pyridine rings is 1. The Labute approximate surface area is 148 Å². The van der Waals surface area contributed by atoms with Gasteiger partial charge in [0, 0.05) is 30.7 Å². The van der Waals surface area contributed by atoms with Crippen molar-refractivity contribution in [3.63, 3.8) is 0 Å². The summed E-state index contributed by atoms with van der Waals surface area (Å²) in [6.07, 6.45) is 4.40. The number of rotatable bonds is 5. The maximum atomic E-state index is 13.4.